The van der Waals surface area contributed by atoms with Crippen LogP contribution in [0.15, 0.2) is 54.7 Å². The third kappa shape index (κ3) is 7.57. The van der Waals surface area contributed by atoms with Crippen molar-refractivity contribution in [2.75, 3.05) is 30.8 Å². The van der Waals surface area contributed by atoms with Crippen LogP contribution in [0, 0.1) is 6.92 Å². The molecule has 8 rings (SSSR count). The third-order valence-electron chi connectivity index (χ3n) is 11.5. The van der Waals surface area contributed by atoms with Gasteiger partial charge in [-0.2, -0.15) is 5.10 Å². The van der Waals surface area contributed by atoms with Crippen LogP contribution < -0.4 is 16.0 Å². The van der Waals surface area contributed by atoms with Crippen LogP contribution in [0.4, 0.5) is 11.5 Å². The summed E-state index contributed by atoms with van der Waals surface area (Å²) in [5.41, 5.74) is 7.12. The minimum Gasteiger partial charge on any atom is -0.385 e. The Morgan fingerprint density at radius 1 is 0.964 bits per heavy atom. The molecule has 4 amide bonds. The van der Waals surface area contributed by atoms with Gasteiger partial charge in [-0.3, -0.25) is 34.1 Å². The SMILES string of the molecule is Cc1nn(CCCCCCCCNc2cccc3c2CN(C2CCC(=O)NC2=O)C3=O)c2cc(C(=O)Nc3cc4[nH]c([C@H]5CCCN5C)cc4cn3)ccc12. The molecule has 286 valence electrons. The van der Waals surface area contributed by atoms with Crippen LogP contribution >= 0.6 is 0 Å². The lowest BCUT2D eigenvalue weighted by molar-refractivity contribution is -0.136. The number of nitrogens with zero attached hydrogens (tertiary/aromatic N) is 5. The molecule has 13 heteroatoms. The monoisotopic (exact) mass is 743 g/mol. The number of carbonyl (C=O) groups excluding carboxylic acids is 4. The number of amides is 4. The molecule has 3 aliphatic rings. The number of benzene rings is 2. The van der Waals surface area contributed by atoms with Crippen molar-refractivity contribution in [1.82, 2.24) is 34.9 Å². The van der Waals surface area contributed by atoms with E-state index in [9.17, 15) is 19.2 Å². The number of H-pyrrole nitrogens is 1. The number of hydrogen-bond acceptors (Lipinski definition) is 8. The van der Waals surface area contributed by atoms with Crippen LogP contribution in [0.2, 0.25) is 0 Å². The van der Waals surface area contributed by atoms with E-state index in [2.05, 4.69) is 43.9 Å². The summed E-state index contributed by atoms with van der Waals surface area (Å²) in [7, 11) is 2.16. The van der Waals surface area contributed by atoms with Crippen molar-refractivity contribution in [3.05, 3.63) is 82.8 Å². The lowest BCUT2D eigenvalue weighted by Crippen LogP contribution is -2.52. The lowest BCUT2D eigenvalue weighted by Gasteiger charge is -2.29. The van der Waals surface area contributed by atoms with E-state index in [1.807, 2.05) is 60.3 Å². The largest absolute Gasteiger partial charge is 0.385 e. The Balaban J connectivity index is 0.784. The maximum atomic E-state index is 13.4. The summed E-state index contributed by atoms with van der Waals surface area (Å²) < 4.78 is 2.03. The second-order valence-corrected chi connectivity index (χ2v) is 15.3. The van der Waals surface area contributed by atoms with Gasteiger partial charge in [0.05, 0.1) is 16.7 Å². The van der Waals surface area contributed by atoms with Crippen molar-refractivity contribution in [2.45, 2.75) is 96.3 Å². The maximum Gasteiger partial charge on any atom is 0.256 e. The fourth-order valence-corrected chi connectivity index (χ4v) is 8.51. The second kappa shape index (κ2) is 15.7. The van der Waals surface area contributed by atoms with Gasteiger partial charge >= 0.3 is 0 Å². The first-order valence-corrected chi connectivity index (χ1v) is 19.7. The Bertz CT molecular complexity index is 2280. The Kier molecular flexibility index (Phi) is 10.4. The van der Waals surface area contributed by atoms with E-state index in [1.165, 1.54) is 12.1 Å². The first-order chi connectivity index (χ1) is 26.7. The van der Waals surface area contributed by atoms with Crippen molar-refractivity contribution < 1.29 is 19.2 Å². The van der Waals surface area contributed by atoms with Gasteiger partial charge in [0.15, 0.2) is 0 Å². The molecule has 3 aromatic heterocycles. The Morgan fingerprint density at radius 2 is 1.80 bits per heavy atom. The van der Waals surface area contributed by atoms with Crippen LogP contribution in [0.1, 0.15) is 108 Å². The van der Waals surface area contributed by atoms with Crippen molar-refractivity contribution in [3.8, 4) is 0 Å². The van der Waals surface area contributed by atoms with Gasteiger partial charge in [0.25, 0.3) is 11.8 Å². The number of fused-ring (bicyclic) bond motifs is 3. The van der Waals surface area contributed by atoms with Gasteiger partial charge in [-0.05, 0) is 83.0 Å². The number of pyridine rings is 1. The van der Waals surface area contributed by atoms with Gasteiger partial charge in [-0.15, -0.1) is 0 Å². The molecule has 0 aliphatic carbocycles. The summed E-state index contributed by atoms with van der Waals surface area (Å²) in [6.45, 7) is 5.06. The molecule has 0 bridgehead atoms. The molecular weight excluding hydrogens is 695 g/mol. The predicted molar refractivity (Wildman–Crippen MR) is 212 cm³/mol. The summed E-state index contributed by atoms with van der Waals surface area (Å²) in [5.74, 6) is -0.514. The van der Waals surface area contributed by atoms with Gasteiger partial charge in [0.1, 0.15) is 11.9 Å². The van der Waals surface area contributed by atoms with E-state index >= 15 is 0 Å². The first-order valence-electron chi connectivity index (χ1n) is 19.7. The molecule has 3 aliphatic heterocycles. The van der Waals surface area contributed by atoms with Crippen molar-refractivity contribution in [2.24, 2.45) is 0 Å². The van der Waals surface area contributed by atoms with Crippen LogP contribution in [0.3, 0.4) is 0 Å². The Hall–Kier alpha value is -5.56. The predicted octanol–water partition coefficient (Wildman–Crippen LogP) is 6.45. The molecular formula is C42H49N9O4. The Labute approximate surface area is 320 Å². The van der Waals surface area contributed by atoms with E-state index < -0.39 is 11.9 Å². The minimum atomic E-state index is -0.613. The highest BCUT2D eigenvalue weighted by atomic mass is 16.2. The lowest BCUT2D eigenvalue weighted by atomic mass is 10.0. The standard InChI is InChI=1S/C42H49N9O4/c1-26-29-15-14-27(40(53)46-38-23-33-28(24-44-38)21-34(45-33)35-13-10-19-49(35)2)22-37(29)51(48-26)20-8-6-4-3-5-7-18-43-32-12-9-11-30-31(32)25-50(42(30)55)36-16-17-39(52)47-41(36)54/h9,11-12,14-15,21-24,35-36,43,45H,3-8,10,13,16-20,25H2,1-2H3,(H,44,46,53)(H,47,52,54)/t35-,36?/m1/s1. The molecule has 5 aromatic rings. The third-order valence-corrected chi connectivity index (χ3v) is 11.5. The number of likely N-dealkylation sites (tertiary alicyclic amines) is 1. The topological polar surface area (TPSA) is 157 Å². The van der Waals surface area contributed by atoms with Crippen LogP contribution in [0.5, 0.6) is 0 Å². The second-order valence-electron chi connectivity index (χ2n) is 15.3. The Morgan fingerprint density at radius 3 is 2.62 bits per heavy atom. The molecule has 0 saturated carbocycles. The molecule has 0 radical (unpaired) electrons. The van der Waals surface area contributed by atoms with Gasteiger partial charge in [0, 0.05) is 83.2 Å². The van der Waals surface area contributed by atoms with Crippen molar-refractivity contribution in [3.63, 3.8) is 0 Å². The molecule has 2 fully saturated rings. The first kappa shape index (κ1) is 36.4. The molecule has 2 saturated heterocycles. The number of anilines is 2. The quantitative estimate of drug-likeness (QED) is 0.0747. The molecule has 4 N–H and O–H groups in total. The zero-order valence-electron chi connectivity index (χ0n) is 31.6. The fourth-order valence-electron chi connectivity index (χ4n) is 8.51. The number of unbranched alkanes of at least 4 members (excludes halogenated alkanes) is 5. The van der Waals surface area contributed by atoms with Crippen LogP contribution in [-0.4, -0.2) is 79.4 Å². The molecule has 0 spiro atoms. The normalized spacial score (nSPS) is 18.7. The van der Waals surface area contributed by atoms with Crippen LogP contribution in [-0.2, 0) is 22.7 Å². The molecule has 6 heterocycles. The number of aryl methyl sites for hydroxylation is 2. The summed E-state index contributed by atoms with van der Waals surface area (Å²) in [4.78, 5) is 62.5. The van der Waals surface area contributed by atoms with E-state index in [4.69, 9.17) is 5.10 Å². The van der Waals surface area contributed by atoms with E-state index in [-0.39, 0.29) is 24.1 Å². The summed E-state index contributed by atoms with van der Waals surface area (Å²) >= 11 is 0. The highest BCUT2D eigenvalue weighted by Gasteiger charge is 2.39. The summed E-state index contributed by atoms with van der Waals surface area (Å²) in [6.07, 6.45) is 11.2. The highest BCUT2D eigenvalue weighted by Crippen LogP contribution is 2.34. The summed E-state index contributed by atoms with van der Waals surface area (Å²) in [6, 6.07) is 15.3. The smallest absolute Gasteiger partial charge is 0.256 e. The number of hydrogen-bond donors (Lipinski definition) is 4. The fraction of sp³-hybridized carbons (Fsp3) is 0.429. The maximum absolute atomic E-state index is 13.4. The number of imide groups is 1. The number of aromatic nitrogens is 4. The van der Waals surface area contributed by atoms with Gasteiger partial charge in [-0.1, -0.05) is 37.8 Å². The molecule has 13 nitrogen and oxygen atoms in total. The highest BCUT2D eigenvalue weighted by molar-refractivity contribution is 6.07. The average Bonchev–Trinajstić information content (AvgIpc) is 3.95. The zero-order valence-corrected chi connectivity index (χ0v) is 31.6. The van der Waals surface area contributed by atoms with Crippen molar-refractivity contribution >= 4 is 56.9 Å². The zero-order chi connectivity index (χ0) is 38.1. The molecule has 55 heavy (non-hydrogen) atoms. The minimum absolute atomic E-state index is 0.155. The number of nitrogens with one attached hydrogen (secondary N) is 4. The van der Waals surface area contributed by atoms with Gasteiger partial charge in [-0.25, -0.2) is 4.98 Å². The van der Waals surface area contributed by atoms with E-state index in [1.54, 1.807) is 4.90 Å². The van der Waals surface area contributed by atoms with Gasteiger partial charge in [0.2, 0.25) is 11.8 Å². The molecule has 2 atom stereocenters. The average molecular weight is 744 g/mol. The number of rotatable bonds is 14. The summed E-state index contributed by atoms with van der Waals surface area (Å²) in [5, 5.41) is 15.8. The van der Waals surface area contributed by atoms with Gasteiger partial charge < -0.3 is 20.5 Å². The number of aromatic amines is 1. The van der Waals surface area contributed by atoms with Crippen LogP contribution in [0.25, 0.3) is 21.8 Å². The van der Waals surface area contributed by atoms with E-state index in [0.29, 0.717) is 36.0 Å². The van der Waals surface area contributed by atoms with Crippen molar-refractivity contribution in [1.29, 1.82) is 0 Å². The number of carbonyl (C=O) groups is 4. The molecule has 2 aromatic carbocycles. The molecule has 1 unspecified atom stereocenters. The number of piperidine rings is 1. The van der Waals surface area contributed by atoms with E-state index in [0.717, 1.165) is 103 Å².